The number of carbonyl (C=O) groups excluding carboxylic acids is 1. The number of hydrogen-bond donors (Lipinski definition) is 4. The normalized spacial score (nSPS) is 17.9. The second-order valence-electron chi connectivity index (χ2n) is 2.28. The van der Waals surface area contributed by atoms with E-state index in [4.69, 9.17) is 20.4 Å². The van der Waals surface area contributed by atoms with Gasteiger partial charge in [0.1, 0.15) is 12.2 Å². The standard InChI is InChI=1S/C6H10O6/c7-2-4(9)6(12)3(8)1-5(10)11/h2-4,6,8-9,12H,1H2,(H,10,11)/t3-,4+,6+/m1/s1. The quantitative estimate of drug-likeness (QED) is 0.353. The molecule has 0 fully saturated rings. The molecule has 0 spiro atoms. The fraction of sp³-hybridized carbons (Fsp3) is 0.667. The van der Waals surface area contributed by atoms with Crippen molar-refractivity contribution in [2.75, 3.05) is 0 Å². The third-order valence-corrected chi connectivity index (χ3v) is 1.27. The van der Waals surface area contributed by atoms with Gasteiger partial charge in [-0.25, -0.2) is 0 Å². The van der Waals surface area contributed by atoms with E-state index < -0.39 is 30.7 Å². The molecule has 0 radical (unpaired) electrons. The third-order valence-electron chi connectivity index (χ3n) is 1.27. The van der Waals surface area contributed by atoms with Gasteiger partial charge in [-0.2, -0.15) is 0 Å². The highest BCUT2D eigenvalue weighted by Gasteiger charge is 2.25. The SMILES string of the molecule is O=C[C@H](O)[C@@H](O)[C@H](O)CC(=O)O. The van der Waals surface area contributed by atoms with E-state index >= 15 is 0 Å². The van der Waals surface area contributed by atoms with E-state index in [1.165, 1.54) is 0 Å². The van der Waals surface area contributed by atoms with Gasteiger partial charge in [-0.15, -0.1) is 0 Å². The minimum absolute atomic E-state index is 0.0235. The summed E-state index contributed by atoms with van der Waals surface area (Å²) >= 11 is 0. The number of aliphatic hydroxyl groups excluding tert-OH is 3. The molecule has 12 heavy (non-hydrogen) atoms. The Morgan fingerprint density at radius 2 is 1.83 bits per heavy atom. The lowest BCUT2D eigenvalue weighted by atomic mass is 10.1. The minimum atomic E-state index is -1.75. The zero-order valence-electron chi connectivity index (χ0n) is 6.12. The Morgan fingerprint density at radius 1 is 1.33 bits per heavy atom. The summed E-state index contributed by atoms with van der Waals surface area (Å²) < 4.78 is 0. The Balaban J connectivity index is 3.99. The second-order valence-corrected chi connectivity index (χ2v) is 2.28. The van der Waals surface area contributed by atoms with Gasteiger partial charge in [-0.05, 0) is 0 Å². The molecule has 0 aliphatic heterocycles. The van der Waals surface area contributed by atoms with Gasteiger partial charge in [-0.3, -0.25) is 4.79 Å². The molecule has 0 saturated carbocycles. The third kappa shape index (κ3) is 3.42. The highest BCUT2D eigenvalue weighted by atomic mass is 16.4. The Morgan fingerprint density at radius 3 is 2.17 bits per heavy atom. The molecule has 0 aromatic rings. The first-order valence-electron chi connectivity index (χ1n) is 3.20. The predicted octanol–water partition coefficient (Wildman–Crippen LogP) is -2.26. The topological polar surface area (TPSA) is 115 Å². The highest BCUT2D eigenvalue weighted by Crippen LogP contribution is 2.02. The Hall–Kier alpha value is -0.980. The molecule has 3 atom stereocenters. The maximum Gasteiger partial charge on any atom is 0.306 e. The summed E-state index contributed by atoms with van der Waals surface area (Å²) in [7, 11) is 0. The van der Waals surface area contributed by atoms with Crippen molar-refractivity contribution in [1.29, 1.82) is 0 Å². The second kappa shape index (κ2) is 4.81. The summed E-state index contributed by atoms with van der Waals surface area (Å²) in [5.74, 6) is -1.32. The zero-order chi connectivity index (χ0) is 9.72. The smallest absolute Gasteiger partial charge is 0.306 e. The van der Waals surface area contributed by atoms with E-state index in [1.54, 1.807) is 0 Å². The van der Waals surface area contributed by atoms with Crippen LogP contribution in [0.15, 0.2) is 0 Å². The average Bonchev–Trinajstić information content (AvgIpc) is 2.00. The summed E-state index contributed by atoms with van der Waals surface area (Å²) in [4.78, 5) is 19.9. The highest BCUT2D eigenvalue weighted by molar-refractivity contribution is 5.67. The molecule has 6 heteroatoms. The lowest BCUT2D eigenvalue weighted by Gasteiger charge is -2.17. The van der Waals surface area contributed by atoms with Crippen molar-refractivity contribution < 1.29 is 30.0 Å². The zero-order valence-corrected chi connectivity index (χ0v) is 6.12. The molecule has 0 aliphatic carbocycles. The van der Waals surface area contributed by atoms with Crippen LogP contribution in [0, 0.1) is 0 Å². The maximum atomic E-state index is 9.98. The molecule has 0 aromatic carbocycles. The molecule has 0 rings (SSSR count). The van der Waals surface area contributed by atoms with Gasteiger partial charge in [0.25, 0.3) is 0 Å². The molecule has 6 nitrogen and oxygen atoms in total. The largest absolute Gasteiger partial charge is 0.481 e. The van der Waals surface area contributed by atoms with E-state index in [1.807, 2.05) is 0 Å². The number of aldehydes is 1. The van der Waals surface area contributed by atoms with Gasteiger partial charge >= 0.3 is 5.97 Å². The van der Waals surface area contributed by atoms with Gasteiger partial charge in [0.2, 0.25) is 0 Å². The molecule has 0 aromatic heterocycles. The monoisotopic (exact) mass is 178 g/mol. The molecule has 0 bridgehead atoms. The number of carbonyl (C=O) groups is 2. The van der Waals surface area contributed by atoms with Crippen molar-refractivity contribution in [2.24, 2.45) is 0 Å². The molecule has 0 heterocycles. The number of carboxylic acid groups (broad SMARTS) is 1. The number of hydrogen-bond acceptors (Lipinski definition) is 5. The minimum Gasteiger partial charge on any atom is -0.481 e. The van der Waals surface area contributed by atoms with Crippen LogP contribution in [-0.4, -0.2) is 51.0 Å². The first-order valence-corrected chi connectivity index (χ1v) is 3.20. The summed E-state index contributed by atoms with van der Waals surface area (Å²) in [6, 6.07) is 0. The molecule has 0 unspecified atom stereocenters. The van der Waals surface area contributed by atoms with Gasteiger partial charge in [0, 0.05) is 0 Å². The van der Waals surface area contributed by atoms with Crippen molar-refractivity contribution in [3.05, 3.63) is 0 Å². The van der Waals surface area contributed by atoms with Crippen molar-refractivity contribution in [2.45, 2.75) is 24.7 Å². The van der Waals surface area contributed by atoms with Gasteiger partial charge < -0.3 is 25.2 Å². The summed E-state index contributed by atoms with van der Waals surface area (Å²) in [6.07, 6.45) is -5.83. The lowest BCUT2D eigenvalue weighted by molar-refractivity contribution is -0.144. The molecule has 0 saturated heterocycles. The van der Waals surface area contributed by atoms with Crippen LogP contribution >= 0.6 is 0 Å². The van der Waals surface area contributed by atoms with Gasteiger partial charge in [0.05, 0.1) is 12.5 Å². The van der Waals surface area contributed by atoms with E-state index in [0.717, 1.165) is 0 Å². The van der Waals surface area contributed by atoms with E-state index in [0.29, 0.717) is 0 Å². The summed E-state index contributed by atoms with van der Waals surface area (Å²) in [6.45, 7) is 0. The van der Waals surface area contributed by atoms with E-state index in [9.17, 15) is 9.59 Å². The van der Waals surface area contributed by atoms with Crippen molar-refractivity contribution in [3.63, 3.8) is 0 Å². The van der Waals surface area contributed by atoms with Crippen LogP contribution in [0.25, 0.3) is 0 Å². The average molecular weight is 178 g/mol. The van der Waals surface area contributed by atoms with Gasteiger partial charge in [0.15, 0.2) is 6.29 Å². The van der Waals surface area contributed by atoms with Crippen LogP contribution in [0.4, 0.5) is 0 Å². The van der Waals surface area contributed by atoms with Crippen LogP contribution in [0.3, 0.4) is 0 Å². The number of carboxylic acids is 1. The maximum absolute atomic E-state index is 9.98. The summed E-state index contributed by atoms with van der Waals surface area (Å²) in [5, 5.41) is 34.5. The van der Waals surface area contributed by atoms with E-state index in [2.05, 4.69) is 0 Å². The van der Waals surface area contributed by atoms with E-state index in [-0.39, 0.29) is 6.29 Å². The van der Waals surface area contributed by atoms with Crippen molar-refractivity contribution in [3.8, 4) is 0 Å². The van der Waals surface area contributed by atoms with Crippen LogP contribution in [0.2, 0.25) is 0 Å². The van der Waals surface area contributed by atoms with Crippen LogP contribution in [0.5, 0.6) is 0 Å². The summed E-state index contributed by atoms with van der Waals surface area (Å²) in [5.41, 5.74) is 0. The fourth-order valence-electron chi connectivity index (χ4n) is 0.608. The lowest BCUT2D eigenvalue weighted by Crippen LogP contribution is -2.39. The van der Waals surface area contributed by atoms with Crippen molar-refractivity contribution in [1.82, 2.24) is 0 Å². The predicted molar refractivity (Wildman–Crippen MR) is 36.3 cm³/mol. The molecular formula is C6H10O6. The first-order chi connectivity index (χ1) is 5.49. The van der Waals surface area contributed by atoms with Crippen LogP contribution in [-0.2, 0) is 9.59 Å². The number of rotatable bonds is 5. The molecule has 70 valence electrons. The first kappa shape index (κ1) is 11.0. The van der Waals surface area contributed by atoms with Crippen LogP contribution in [0.1, 0.15) is 6.42 Å². The number of aliphatic carboxylic acids is 1. The fourth-order valence-corrected chi connectivity index (χ4v) is 0.608. The number of aliphatic hydroxyl groups is 3. The van der Waals surface area contributed by atoms with Gasteiger partial charge in [-0.1, -0.05) is 0 Å². The Bertz CT molecular complexity index is 167. The molecule has 0 amide bonds. The molecule has 0 aliphatic rings. The van der Waals surface area contributed by atoms with Crippen molar-refractivity contribution >= 4 is 12.3 Å². The Labute approximate surface area is 68.1 Å². The molecular weight excluding hydrogens is 168 g/mol. The molecule has 4 N–H and O–H groups in total. The van der Waals surface area contributed by atoms with Crippen LogP contribution < -0.4 is 0 Å². The Kier molecular flexibility index (Phi) is 4.42.